The quantitative estimate of drug-likeness (QED) is 0.426. The summed E-state index contributed by atoms with van der Waals surface area (Å²) in [4.78, 5) is 4.48. The molecule has 6 nitrogen and oxygen atoms in total. The van der Waals surface area contributed by atoms with E-state index in [4.69, 9.17) is 20.8 Å². The zero-order valence-electron chi connectivity index (χ0n) is 15.9. The zero-order valence-corrected chi connectivity index (χ0v) is 16.6. The molecule has 0 amide bonds. The lowest BCUT2D eigenvalue weighted by Gasteiger charge is -2.03. The van der Waals surface area contributed by atoms with E-state index in [0.717, 1.165) is 47.5 Å². The molecule has 0 saturated carbocycles. The molecular weight excluding hydrogens is 376 g/mol. The first-order valence-corrected chi connectivity index (χ1v) is 9.70. The van der Waals surface area contributed by atoms with E-state index in [1.165, 1.54) is 0 Å². The Morgan fingerprint density at radius 2 is 2.07 bits per heavy atom. The molecule has 0 unspecified atom stereocenters. The fraction of sp³-hybridized carbons (Fsp3) is 0.286. The Hall–Kier alpha value is -2.86. The third-order valence-electron chi connectivity index (χ3n) is 4.49. The van der Waals surface area contributed by atoms with Crippen LogP contribution in [0, 0.1) is 6.92 Å². The van der Waals surface area contributed by atoms with Crippen LogP contribution in [0.3, 0.4) is 0 Å². The zero-order chi connectivity index (χ0) is 19.5. The van der Waals surface area contributed by atoms with Crippen LogP contribution in [0.1, 0.15) is 37.0 Å². The van der Waals surface area contributed by atoms with Gasteiger partial charge in [0.15, 0.2) is 11.8 Å². The van der Waals surface area contributed by atoms with E-state index in [9.17, 15) is 0 Å². The minimum absolute atomic E-state index is 0.216. The number of fused-ring (bicyclic) bond motifs is 1. The van der Waals surface area contributed by atoms with E-state index < -0.39 is 0 Å². The number of pyridine rings is 1. The summed E-state index contributed by atoms with van der Waals surface area (Å²) >= 11 is 6.33. The molecule has 0 fully saturated rings. The Morgan fingerprint density at radius 3 is 2.89 bits per heavy atom. The molecule has 0 atom stereocenters. The maximum absolute atomic E-state index is 6.33. The van der Waals surface area contributed by atoms with E-state index in [-0.39, 0.29) is 6.61 Å². The van der Waals surface area contributed by atoms with Gasteiger partial charge in [0.25, 0.3) is 5.89 Å². The molecule has 0 saturated heterocycles. The van der Waals surface area contributed by atoms with Crippen LogP contribution in [-0.2, 0) is 13.0 Å². The van der Waals surface area contributed by atoms with Gasteiger partial charge in [-0.25, -0.2) is 4.98 Å². The molecule has 0 aliphatic rings. The smallest absolute Gasteiger partial charge is 0.254 e. The summed E-state index contributed by atoms with van der Waals surface area (Å²) in [5.41, 5.74) is 2.76. The largest absolute Gasteiger partial charge is 0.484 e. The Labute approximate surface area is 168 Å². The Balaban J connectivity index is 1.53. The number of unbranched alkanes of at least 4 members (excludes halogenated alkanes) is 1. The first-order chi connectivity index (χ1) is 13.6. The van der Waals surface area contributed by atoms with E-state index in [1.807, 2.05) is 53.9 Å². The van der Waals surface area contributed by atoms with Crippen molar-refractivity contribution in [1.29, 1.82) is 0 Å². The molecule has 0 radical (unpaired) electrons. The lowest BCUT2D eigenvalue weighted by molar-refractivity contribution is 0.264. The van der Waals surface area contributed by atoms with Crippen LogP contribution in [0.15, 0.2) is 47.0 Å². The lowest BCUT2D eigenvalue weighted by Crippen LogP contribution is -1.95. The van der Waals surface area contributed by atoms with Gasteiger partial charge in [0.2, 0.25) is 5.89 Å². The average molecular weight is 397 g/mol. The molecule has 0 aliphatic heterocycles. The summed E-state index contributed by atoms with van der Waals surface area (Å²) < 4.78 is 13.5. The number of aryl methyl sites for hydroxylation is 2. The Bertz CT molecular complexity index is 1100. The van der Waals surface area contributed by atoms with Crippen molar-refractivity contribution in [2.24, 2.45) is 0 Å². The van der Waals surface area contributed by atoms with Gasteiger partial charge in [-0.3, -0.25) is 0 Å². The van der Waals surface area contributed by atoms with Crippen LogP contribution in [0.25, 0.3) is 17.0 Å². The number of imidazole rings is 1. The van der Waals surface area contributed by atoms with E-state index >= 15 is 0 Å². The number of hydrogen-bond donors (Lipinski definition) is 0. The van der Waals surface area contributed by atoms with Gasteiger partial charge in [-0.15, -0.1) is 10.2 Å². The van der Waals surface area contributed by atoms with Crippen molar-refractivity contribution in [2.75, 3.05) is 0 Å². The summed E-state index contributed by atoms with van der Waals surface area (Å²) in [5, 5.41) is 8.70. The lowest BCUT2D eigenvalue weighted by atomic mass is 10.2. The highest BCUT2D eigenvalue weighted by atomic mass is 35.5. The fourth-order valence-electron chi connectivity index (χ4n) is 3.03. The molecule has 4 rings (SSSR count). The highest BCUT2D eigenvalue weighted by Gasteiger charge is 2.14. The Kier molecular flexibility index (Phi) is 5.30. The summed E-state index contributed by atoms with van der Waals surface area (Å²) in [7, 11) is 0. The molecule has 0 spiro atoms. The summed E-state index contributed by atoms with van der Waals surface area (Å²) in [5.74, 6) is 2.58. The van der Waals surface area contributed by atoms with Crippen LogP contribution in [0.4, 0.5) is 0 Å². The predicted molar refractivity (Wildman–Crippen MR) is 108 cm³/mol. The van der Waals surface area contributed by atoms with Crippen LogP contribution in [0.5, 0.6) is 5.75 Å². The van der Waals surface area contributed by atoms with E-state index in [2.05, 4.69) is 22.1 Å². The summed E-state index contributed by atoms with van der Waals surface area (Å²) in [6.45, 7) is 4.39. The molecule has 144 valence electrons. The summed E-state index contributed by atoms with van der Waals surface area (Å²) in [6.07, 6.45) is 5.03. The molecule has 7 heteroatoms. The summed E-state index contributed by atoms with van der Waals surface area (Å²) in [6, 6.07) is 11.7. The van der Waals surface area contributed by atoms with Crippen LogP contribution >= 0.6 is 11.6 Å². The van der Waals surface area contributed by atoms with Crippen LogP contribution in [-0.4, -0.2) is 19.6 Å². The second-order valence-corrected chi connectivity index (χ2v) is 7.06. The van der Waals surface area contributed by atoms with Gasteiger partial charge in [-0.2, -0.15) is 0 Å². The number of rotatable bonds is 7. The number of benzene rings is 1. The van der Waals surface area contributed by atoms with Crippen molar-refractivity contribution in [3.8, 4) is 17.2 Å². The number of halogens is 1. The van der Waals surface area contributed by atoms with Gasteiger partial charge in [-0.05, 0) is 43.2 Å². The third-order valence-corrected chi connectivity index (χ3v) is 4.77. The molecular formula is C21H21ClN4O2. The normalized spacial score (nSPS) is 11.2. The topological polar surface area (TPSA) is 65.5 Å². The first-order valence-electron chi connectivity index (χ1n) is 9.32. The van der Waals surface area contributed by atoms with E-state index in [0.29, 0.717) is 16.9 Å². The van der Waals surface area contributed by atoms with Crippen molar-refractivity contribution in [3.05, 3.63) is 65.0 Å². The molecule has 1 aromatic carbocycles. The van der Waals surface area contributed by atoms with Crippen LogP contribution < -0.4 is 4.74 Å². The molecule has 3 heterocycles. The van der Waals surface area contributed by atoms with Crippen molar-refractivity contribution >= 4 is 17.1 Å². The molecule has 0 bridgehead atoms. The van der Waals surface area contributed by atoms with Crippen molar-refractivity contribution in [3.63, 3.8) is 0 Å². The van der Waals surface area contributed by atoms with Gasteiger partial charge in [0.1, 0.15) is 11.6 Å². The number of ether oxygens (including phenoxy) is 1. The standard InChI is InChI=1S/C21H21ClN4O2/c1-3-4-8-18-23-20(22)17-12-15(9-10-26(17)18)21-25-24-19(28-21)13-27-16-7-5-6-14(2)11-16/h5-7,9-12H,3-4,8,13H2,1-2H3. The van der Waals surface area contributed by atoms with Gasteiger partial charge in [-0.1, -0.05) is 37.1 Å². The minimum atomic E-state index is 0.216. The number of aromatic nitrogens is 4. The molecule has 0 aliphatic carbocycles. The Morgan fingerprint density at radius 1 is 1.18 bits per heavy atom. The van der Waals surface area contributed by atoms with Gasteiger partial charge < -0.3 is 13.6 Å². The fourth-order valence-corrected chi connectivity index (χ4v) is 3.27. The second kappa shape index (κ2) is 8.02. The van der Waals surface area contributed by atoms with E-state index in [1.54, 1.807) is 0 Å². The van der Waals surface area contributed by atoms with Crippen molar-refractivity contribution < 1.29 is 9.15 Å². The first kappa shape index (κ1) is 18.5. The number of nitrogens with zero attached hydrogens (tertiary/aromatic N) is 4. The highest BCUT2D eigenvalue weighted by Crippen LogP contribution is 2.26. The van der Waals surface area contributed by atoms with Crippen molar-refractivity contribution in [2.45, 2.75) is 39.7 Å². The highest BCUT2D eigenvalue weighted by molar-refractivity contribution is 6.32. The molecule has 3 aromatic heterocycles. The third kappa shape index (κ3) is 3.87. The van der Waals surface area contributed by atoms with Gasteiger partial charge in [0, 0.05) is 18.2 Å². The number of hydrogen-bond acceptors (Lipinski definition) is 5. The molecule has 28 heavy (non-hydrogen) atoms. The average Bonchev–Trinajstić information content (AvgIpc) is 3.29. The molecule has 0 N–H and O–H groups in total. The van der Waals surface area contributed by atoms with Crippen LogP contribution in [0.2, 0.25) is 5.15 Å². The monoisotopic (exact) mass is 396 g/mol. The maximum atomic E-state index is 6.33. The maximum Gasteiger partial charge on any atom is 0.254 e. The second-order valence-electron chi connectivity index (χ2n) is 6.70. The van der Waals surface area contributed by atoms with Gasteiger partial charge >= 0.3 is 0 Å². The SMILES string of the molecule is CCCCc1nc(Cl)c2cc(-c3nnc(COc4cccc(C)c4)o3)ccn12. The predicted octanol–water partition coefficient (Wildman–Crippen LogP) is 5.27. The minimum Gasteiger partial charge on any atom is -0.484 e. The molecule has 4 aromatic rings. The van der Waals surface area contributed by atoms with Gasteiger partial charge in [0.05, 0.1) is 5.52 Å². The van der Waals surface area contributed by atoms with Crippen molar-refractivity contribution in [1.82, 2.24) is 19.6 Å².